The maximum Gasteiger partial charge on any atom is 0.213 e. The number of rotatable bonds is 7. The zero-order chi connectivity index (χ0) is 23.4. The molecule has 0 unspecified atom stereocenters. The second-order valence-electron chi connectivity index (χ2n) is 8.29. The molecule has 0 spiro atoms. The van der Waals surface area contributed by atoms with Gasteiger partial charge in [-0.3, -0.25) is 0 Å². The largest absolute Gasteiger partial charge is 0.497 e. The Morgan fingerprint density at radius 3 is 2.39 bits per heavy atom. The van der Waals surface area contributed by atoms with Crippen LogP contribution >= 0.6 is 0 Å². The van der Waals surface area contributed by atoms with E-state index in [1.54, 1.807) is 19.5 Å². The number of H-pyrrole nitrogens is 1. The number of nitrogens with one attached hydrogen (secondary N) is 1. The number of aryl methyl sites for hydroxylation is 1. The van der Waals surface area contributed by atoms with E-state index in [1.807, 2.05) is 55.5 Å². The van der Waals surface area contributed by atoms with E-state index in [9.17, 15) is 5.26 Å². The molecule has 4 aromatic rings. The lowest BCUT2D eigenvalue weighted by atomic mass is 9.98. The van der Waals surface area contributed by atoms with Crippen molar-refractivity contribution >= 4 is 0 Å². The lowest BCUT2D eigenvalue weighted by Gasteiger charge is -2.12. The molecule has 0 aliphatic rings. The molecule has 2 aromatic carbocycles. The van der Waals surface area contributed by atoms with Crippen molar-refractivity contribution in [1.82, 2.24) is 15.0 Å². The number of aromatic nitrogens is 3. The van der Waals surface area contributed by atoms with Crippen molar-refractivity contribution in [3.05, 3.63) is 72.1 Å². The summed E-state index contributed by atoms with van der Waals surface area (Å²) in [6.45, 7) is 6.85. The molecule has 6 nitrogen and oxygen atoms in total. The van der Waals surface area contributed by atoms with E-state index in [1.165, 1.54) is 0 Å². The molecule has 4 rings (SSSR count). The molecule has 2 aromatic heterocycles. The van der Waals surface area contributed by atoms with Gasteiger partial charge in [0.1, 0.15) is 11.6 Å². The summed E-state index contributed by atoms with van der Waals surface area (Å²) in [6, 6.07) is 17.8. The molecule has 0 fully saturated rings. The van der Waals surface area contributed by atoms with Crippen LogP contribution < -0.4 is 9.47 Å². The number of methoxy groups -OCH3 is 1. The minimum absolute atomic E-state index is 0.435. The van der Waals surface area contributed by atoms with Gasteiger partial charge < -0.3 is 14.5 Å². The van der Waals surface area contributed by atoms with Crippen molar-refractivity contribution in [2.45, 2.75) is 20.8 Å². The van der Waals surface area contributed by atoms with Crippen molar-refractivity contribution in [2.24, 2.45) is 5.92 Å². The average molecular weight is 439 g/mol. The zero-order valence-electron chi connectivity index (χ0n) is 19.2. The highest BCUT2D eigenvalue weighted by Crippen LogP contribution is 2.31. The molecular weight excluding hydrogens is 412 g/mol. The van der Waals surface area contributed by atoms with E-state index >= 15 is 0 Å². The van der Waals surface area contributed by atoms with Crippen LogP contribution in [0.4, 0.5) is 0 Å². The van der Waals surface area contributed by atoms with Gasteiger partial charge >= 0.3 is 0 Å². The third-order valence-electron chi connectivity index (χ3n) is 5.33. The summed E-state index contributed by atoms with van der Waals surface area (Å²) in [6.07, 6.45) is 3.58. The Bertz CT molecular complexity index is 1300. The van der Waals surface area contributed by atoms with Crippen LogP contribution in [0, 0.1) is 24.2 Å². The second kappa shape index (κ2) is 9.58. The van der Waals surface area contributed by atoms with E-state index in [4.69, 9.17) is 9.47 Å². The number of imidazole rings is 1. The molecule has 0 saturated carbocycles. The molecule has 0 bridgehead atoms. The van der Waals surface area contributed by atoms with Gasteiger partial charge in [0, 0.05) is 23.4 Å². The Morgan fingerprint density at radius 1 is 0.970 bits per heavy atom. The van der Waals surface area contributed by atoms with Crippen molar-refractivity contribution in [3.8, 4) is 51.5 Å². The summed E-state index contributed by atoms with van der Waals surface area (Å²) < 4.78 is 11.0. The molecular formula is C27H26N4O2. The number of hydrogen-bond donors (Lipinski definition) is 1. The molecule has 0 saturated heterocycles. The van der Waals surface area contributed by atoms with Crippen LogP contribution in [0.2, 0.25) is 0 Å². The summed E-state index contributed by atoms with van der Waals surface area (Å²) in [7, 11) is 1.64. The first-order valence-corrected chi connectivity index (χ1v) is 10.8. The van der Waals surface area contributed by atoms with Crippen LogP contribution in [0.25, 0.3) is 33.8 Å². The summed E-state index contributed by atoms with van der Waals surface area (Å²) >= 11 is 0. The fourth-order valence-corrected chi connectivity index (χ4v) is 3.55. The van der Waals surface area contributed by atoms with Gasteiger partial charge in [-0.2, -0.15) is 5.26 Å². The summed E-state index contributed by atoms with van der Waals surface area (Å²) in [5, 5.41) is 9.83. The summed E-state index contributed by atoms with van der Waals surface area (Å²) in [4.78, 5) is 12.3. The minimum atomic E-state index is 0.435. The quantitative estimate of drug-likeness (QED) is 0.381. The Hall–Kier alpha value is -4.11. The summed E-state index contributed by atoms with van der Waals surface area (Å²) in [5.74, 6) is 2.49. The fourth-order valence-electron chi connectivity index (χ4n) is 3.55. The van der Waals surface area contributed by atoms with Gasteiger partial charge in [0.05, 0.1) is 37.2 Å². The number of ether oxygens (including phenoxy) is 2. The van der Waals surface area contributed by atoms with Gasteiger partial charge in [0.25, 0.3) is 0 Å². The molecule has 166 valence electrons. The Balaban J connectivity index is 1.61. The molecule has 0 amide bonds. The normalized spacial score (nSPS) is 10.8. The molecule has 0 aliphatic carbocycles. The topological polar surface area (TPSA) is 83.8 Å². The molecule has 1 N–H and O–H groups in total. The highest BCUT2D eigenvalue weighted by Gasteiger charge is 2.13. The number of benzene rings is 2. The molecule has 6 heteroatoms. The first-order valence-electron chi connectivity index (χ1n) is 10.8. The van der Waals surface area contributed by atoms with Crippen molar-refractivity contribution < 1.29 is 9.47 Å². The van der Waals surface area contributed by atoms with Crippen LogP contribution in [0.5, 0.6) is 11.6 Å². The standard InChI is InChI=1S/C27H26N4O2/c1-17(2)16-33-26-11-18(3)24(14-29-26)20-7-10-23(21(12-20)13-28)27-30-15-25(31-27)19-5-8-22(32-4)9-6-19/h5-12,14-15,17H,16H2,1-4H3,(H,30,31). The minimum Gasteiger partial charge on any atom is -0.497 e. The molecule has 2 heterocycles. The third-order valence-corrected chi connectivity index (χ3v) is 5.33. The fraction of sp³-hybridized carbons (Fsp3) is 0.222. The van der Waals surface area contributed by atoms with E-state index in [2.05, 4.69) is 34.9 Å². The summed E-state index contributed by atoms with van der Waals surface area (Å²) in [5.41, 5.74) is 6.10. The monoisotopic (exact) mass is 438 g/mol. The van der Waals surface area contributed by atoms with Gasteiger partial charge in [-0.15, -0.1) is 0 Å². The molecule has 0 atom stereocenters. The van der Waals surface area contributed by atoms with E-state index in [0.717, 1.165) is 39.3 Å². The van der Waals surface area contributed by atoms with E-state index in [0.29, 0.717) is 29.8 Å². The Morgan fingerprint density at radius 2 is 1.73 bits per heavy atom. The highest BCUT2D eigenvalue weighted by molar-refractivity contribution is 5.75. The number of hydrogen-bond acceptors (Lipinski definition) is 5. The number of nitriles is 1. The van der Waals surface area contributed by atoms with Crippen LogP contribution in [-0.4, -0.2) is 28.7 Å². The zero-order valence-corrected chi connectivity index (χ0v) is 19.2. The second-order valence-corrected chi connectivity index (χ2v) is 8.29. The highest BCUT2D eigenvalue weighted by atomic mass is 16.5. The molecule has 0 radical (unpaired) electrons. The lowest BCUT2D eigenvalue weighted by molar-refractivity contribution is 0.261. The molecule has 0 aliphatic heterocycles. The average Bonchev–Trinajstić information content (AvgIpc) is 3.32. The molecule has 33 heavy (non-hydrogen) atoms. The van der Waals surface area contributed by atoms with Crippen LogP contribution in [0.1, 0.15) is 25.0 Å². The third kappa shape index (κ3) is 4.88. The van der Waals surface area contributed by atoms with E-state index < -0.39 is 0 Å². The number of aromatic amines is 1. The van der Waals surface area contributed by atoms with Crippen LogP contribution in [-0.2, 0) is 0 Å². The van der Waals surface area contributed by atoms with Crippen molar-refractivity contribution in [2.75, 3.05) is 13.7 Å². The van der Waals surface area contributed by atoms with Gasteiger partial charge in [-0.05, 0) is 65.9 Å². The van der Waals surface area contributed by atoms with Crippen molar-refractivity contribution in [1.29, 1.82) is 5.26 Å². The first-order chi connectivity index (χ1) is 16.0. The smallest absolute Gasteiger partial charge is 0.213 e. The van der Waals surface area contributed by atoms with Gasteiger partial charge in [0.2, 0.25) is 5.88 Å². The van der Waals surface area contributed by atoms with Gasteiger partial charge in [-0.1, -0.05) is 19.9 Å². The predicted octanol–water partition coefficient (Wildman–Crippen LogP) is 6.03. The van der Waals surface area contributed by atoms with Gasteiger partial charge in [-0.25, -0.2) is 9.97 Å². The maximum absolute atomic E-state index is 9.83. The lowest BCUT2D eigenvalue weighted by Crippen LogP contribution is -2.05. The van der Waals surface area contributed by atoms with E-state index in [-0.39, 0.29) is 0 Å². The van der Waals surface area contributed by atoms with Crippen LogP contribution in [0.3, 0.4) is 0 Å². The van der Waals surface area contributed by atoms with Gasteiger partial charge in [0.15, 0.2) is 0 Å². The first kappa shape index (κ1) is 22.1. The Kier molecular flexibility index (Phi) is 6.41. The Labute approximate surface area is 193 Å². The maximum atomic E-state index is 9.83. The van der Waals surface area contributed by atoms with Crippen molar-refractivity contribution in [3.63, 3.8) is 0 Å². The SMILES string of the molecule is COc1ccc(-c2cnc(-c3ccc(-c4cnc(OCC(C)C)cc4C)cc3C#N)[nH]2)cc1. The number of nitrogens with zero attached hydrogens (tertiary/aromatic N) is 3. The predicted molar refractivity (Wildman–Crippen MR) is 129 cm³/mol. The van der Waals surface area contributed by atoms with Crippen LogP contribution in [0.15, 0.2) is 60.9 Å². The number of pyridine rings is 1.